The summed E-state index contributed by atoms with van der Waals surface area (Å²) in [6, 6.07) is 15.6. The Morgan fingerprint density at radius 1 is 0.927 bits per heavy atom. The summed E-state index contributed by atoms with van der Waals surface area (Å²) in [6.07, 6.45) is -3.78. The maximum Gasteiger partial charge on any atom is 0.490 e. The normalized spacial score (nSPS) is 21.1. The molecule has 0 radical (unpaired) electrons. The van der Waals surface area contributed by atoms with E-state index in [0.29, 0.717) is 19.0 Å². The number of hydrogen-bond acceptors (Lipinski definition) is 5. The Kier molecular flexibility index (Phi) is 11.3. The van der Waals surface area contributed by atoms with Gasteiger partial charge < -0.3 is 15.1 Å². The van der Waals surface area contributed by atoms with Crippen LogP contribution in [0, 0.1) is 0 Å². The summed E-state index contributed by atoms with van der Waals surface area (Å²) in [7, 11) is 0. The third-order valence-corrected chi connectivity index (χ3v) is 7.02. The van der Waals surface area contributed by atoms with Gasteiger partial charge in [0.05, 0.1) is 0 Å². The summed E-state index contributed by atoms with van der Waals surface area (Å²) in [5.41, 5.74) is 2.63. The second kappa shape index (κ2) is 13.8. The van der Waals surface area contributed by atoms with Crippen LogP contribution in [0.5, 0.6) is 0 Å². The van der Waals surface area contributed by atoms with E-state index in [1.807, 2.05) is 12.1 Å². The highest BCUT2D eigenvalue weighted by Crippen LogP contribution is 2.47. The number of hydrogen-bond donors (Lipinski definition) is 2. The lowest BCUT2D eigenvalue weighted by atomic mass is 9.71. The fraction of sp³-hybridized carbons (Fsp3) is 0.481. The number of rotatable bonds is 4. The molecule has 0 spiro atoms. The van der Waals surface area contributed by atoms with Crippen LogP contribution < -0.4 is 0 Å². The van der Waals surface area contributed by atoms with Gasteiger partial charge in [0.15, 0.2) is 0 Å². The summed E-state index contributed by atoms with van der Waals surface area (Å²) >= 11 is 0. The first kappa shape index (κ1) is 33.5. The monoisotopic (exact) mass is 591 g/mol. The smallest absolute Gasteiger partial charge is 0.475 e. The van der Waals surface area contributed by atoms with Crippen LogP contribution in [-0.4, -0.2) is 80.4 Å². The van der Waals surface area contributed by atoms with Gasteiger partial charge in [-0.25, -0.2) is 9.59 Å². The minimum absolute atomic E-state index is 0.0776. The Morgan fingerprint density at radius 3 is 1.88 bits per heavy atom. The predicted octanol–water partition coefficient (Wildman–Crippen LogP) is 4.89. The van der Waals surface area contributed by atoms with Crippen LogP contribution in [-0.2, 0) is 26.3 Å². The number of likely N-dealkylation sites (tertiary alicyclic amines) is 2. The molecule has 3 heterocycles. The molecule has 0 saturated carbocycles. The van der Waals surface area contributed by atoms with Crippen molar-refractivity contribution in [1.29, 1.82) is 0 Å². The zero-order valence-electron chi connectivity index (χ0n) is 22.3. The van der Waals surface area contributed by atoms with Gasteiger partial charge in [-0.05, 0) is 56.5 Å². The molecule has 226 valence electrons. The van der Waals surface area contributed by atoms with Gasteiger partial charge >= 0.3 is 24.3 Å². The van der Waals surface area contributed by atoms with Crippen LogP contribution >= 0.6 is 0 Å². The Morgan fingerprint density at radius 2 is 1.41 bits per heavy atom. The number of carboxylic acid groups (broad SMARTS) is 2. The van der Waals surface area contributed by atoms with Gasteiger partial charge in [0.25, 0.3) is 0 Å². The van der Waals surface area contributed by atoms with E-state index < -0.39 is 24.3 Å². The molecule has 2 aliphatic rings. The third-order valence-electron chi connectivity index (χ3n) is 7.02. The molecule has 8 nitrogen and oxygen atoms in total. The summed E-state index contributed by atoms with van der Waals surface area (Å²) in [5, 5.41) is 14.2. The van der Waals surface area contributed by atoms with Crippen LogP contribution in [0.15, 0.2) is 54.9 Å². The quantitative estimate of drug-likeness (QED) is 0.487. The van der Waals surface area contributed by atoms with E-state index in [9.17, 15) is 31.1 Å². The molecule has 1 amide bonds. The molecule has 41 heavy (non-hydrogen) atoms. The second-order valence-electron chi connectivity index (χ2n) is 9.85. The van der Waals surface area contributed by atoms with Crippen molar-refractivity contribution in [3.63, 3.8) is 0 Å². The van der Waals surface area contributed by atoms with Gasteiger partial charge in [0.2, 0.25) is 5.91 Å². The highest BCUT2D eigenvalue weighted by atomic mass is 19.4. The van der Waals surface area contributed by atoms with Gasteiger partial charge in [-0.15, -0.1) is 0 Å². The average molecular weight is 592 g/mol. The number of fused-ring (bicyclic) bond motifs is 1. The number of carbonyl (C=O) groups is 3. The van der Waals surface area contributed by atoms with E-state index in [4.69, 9.17) is 19.8 Å². The minimum Gasteiger partial charge on any atom is -0.475 e. The molecule has 2 N–H and O–H groups in total. The van der Waals surface area contributed by atoms with Crippen molar-refractivity contribution in [3.8, 4) is 0 Å². The summed E-state index contributed by atoms with van der Waals surface area (Å²) in [4.78, 5) is 39.7. The van der Waals surface area contributed by atoms with Gasteiger partial charge in [-0.2, -0.15) is 26.3 Å². The number of halogens is 6. The van der Waals surface area contributed by atoms with Crippen LogP contribution in [0.3, 0.4) is 0 Å². The first-order chi connectivity index (χ1) is 19.0. The largest absolute Gasteiger partial charge is 0.490 e. The lowest BCUT2D eigenvalue weighted by molar-refractivity contribution is -0.193. The molecule has 0 aliphatic carbocycles. The van der Waals surface area contributed by atoms with Gasteiger partial charge in [-0.1, -0.05) is 30.3 Å². The first-order valence-electron chi connectivity index (χ1n) is 12.6. The van der Waals surface area contributed by atoms with Crippen molar-refractivity contribution in [2.45, 2.75) is 69.5 Å². The van der Waals surface area contributed by atoms with Crippen LogP contribution in [0.25, 0.3) is 0 Å². The van der Waals surface area contributed by atoms with E-state index in [1.54, 1.807) is 12.4 Å². The maximum atomic E-state index is 13.2. The molecule has 1 aromatic heterocycles. The van der Waals surface area contributed by atoms with Crippen molar-refractivity contribution in [2.75, 3.05) is 13.1 Å². The Labute approximate surface area is 232 Å². The molecule has 4 rings (SSSR count). The topological polar surface area (TPSA) is 111 Å². The van der Waals surface area contributed by atoms with Crippen LogP contribution in [0.2, 0.25) is 0 Å². The highest BCUT2D eigenvalue weighted by molar-refractivity contribution is 5.78. The number of alkyl halides is 6. The second-order valence-corrected chi connectivity index (χ2v) is 9.85. The zero-order valence-corrected chi connectivity index (χ0v) is 22.3. The highest BCUT2D eigenvalue weighted by Gasteiger charge is 2.51. The molecule has 2 fully saturated rings. The molecule has 1 aromatic carbocycles. The number of benzene rings is 1. The van der Waals surface area contributed by atoms with Gasteiger partial charge in [0, 0.05) is 49.4 Å². The number of aliphatic carboxylic acids is 2. The fourth-order valence-corrected chi connectivity index (χ4v) is 5.07. The molecule has 0 bridgehead atoms. The molecular formula is C27H31F6N3O5. The van der Waals surface area contributed by atoms with Crippen molar-refractivity contribution in [3.05, 3.63) is 66.0 Å². The third kappa shape index (κ3) is 9.17. The fourth-order valence-electron chi connectivity index (χ4n) is 5.07. The van der Waals surface area contributed by atoms with E-state index >= 15 is 0 Å². The number of carboxylic acids is 2. The van der Waals surface area contributed by atoms with E-state index in [-0.39, 0.29) is 17.4 Å². The lowest BCUT2D eigenvalue weighted by Gasteiger charge is -2.38. The molecule has 2 aromatic rings. The van der Waals surface area contributed by atoms with Crippen molar-refractivity contribution in [2.24, 2.45) is 0 Å². The van der Waals surface area contributed by atoms with Crippen molar-refractivity contribution >= 4 is 17.8 Å². The molecule has 14 heteroatoms. The number of aromatic nitrogens is 1. The van der Waals surface area contributed by atoms with E-state index in [0.717, 1.165) is 31.5 Å². The number of pyridine rings is 1. The molecule has 2 unspecified atom stereocenters. The van der Waals surface area contributed by atoms with E-state index in [2.05, 4.69) is 59.0 Å². The predicted molar refractivity (Wildman–Crippen MR) is 135 cm³/mol. The first-order valence-corrected chi connectivity index (χ1v) is 12.6. The van der Waals surface area contributed by atoms with Gasteiger partial charge in [-0.3, -0.25) is 14.7 Å². The minimum atomic E-state index is -5.08. The maximum absolute atomic E-state index is 13.2. The molecular weight excluding hydrogens is 560 g/mol. The standard InChI is InChI=1S/C23H29N3O.2C2HF3O2/c1-18(2)26-15-11-23(20-6-4-3-5-7-20)10-14-25(22(27)16-21(23)26)17-19-8-12-24-13-9-19;2*3-2(4,5)1(6)7/h3-9,12-13,18,21H,10-11,14-17H2,1-2H3;2*(H,6,7). The number of carbonyl (C=O) groups excluding carboxylic acids is 1. The molecule has 2 saturated heterocycles. The molecule has 2 atom stereocenters. The molecule has 2 aliphatic heterocycles. The van der Waals surface area contributed by atoms with Gasteiger partial charge in [0.1, 0.15) is 0 Å². The Hall–Kier alpha value is -3.68. The van der Waals surface area contributed by atoms with E-state index in [1.165, 1.54) is 5.56 Å². The number of amides is 1. The van der Waals surface area contributed by atoms with Crippen LogP contribution in [0.1, 0.15) is 44.2 Å². The summed E-state index contributed by atoms with van der Waals surface area (Å²) in [6.45, 7) is 7.09. The lowest BCUT2D eigenvalue weighted by Crippen LogP contribution is -2.45. The summed E-state index contributed by atoms with van der Waals surface area (Å²) in [5.74, 6) is -5.23. The number of nitrogens with zero attached hydrogens (tertiary/aromatic N) is 3. The Bertz CT molecular complexity index is 1140. The summed E-state index contributed by atoms with van der Waals surface area (Å²) < 4.78 is 63.5. The zero-order chi connectivity index (χ0) is 31.0. The van der Waals surface area contributed by atoms with Crippen molar-refractivity contribution in [1.82, 2.24) is 14.8 Å². The Balaban J connectivity index is 0.000000349. The van der Waals surface area contributed by atoms with Crippen LogP contribution in [0.4, 0.5) is 26.3 Å². The average Bonchev–Trinajstić information content (AvgIpc) is 3.20. The van der Waals surface area contributed by atoms with Crippen molar-refractivity contribution < 1.29 is 50.9 Å². The SMILES string of the molecule is CC(C)N1CCC2(c3ccccc3)CCN(Cc3ccncc3)C(=O)CC12.O=C(O)C(F)(F)F.O=C(O)C(F)(F)F.